The first-order valence-corrected chi connectivity index (χ1v) is 6.48. The highest BCUT2D eigenvalue weighted by Gasteiger charge is 2.21. The maximum absolute atomic E-state index is 5.69. The molecule has 1 aliphatic carbocycles. The van der Waals surface area contributed by atoms with Crippen LogP contribution in [0.15, 0.2) is 33.7 Å². The first-order valence-electron chi connectivity index (χ1n) is 5.69. The zero-order valence-electron chi connectivity index (χ0n) is 9.53. The van der Waals surface area contributed by atoms with Crippen LogP contribution in [0, 0.1) is 0 Å². The molecular weight excluding hydrogens is 282 g/mol. The van der Waals surface area contributed by atoms with E-state index in [4.69, 9.17) is 10.5 Å². The number of nitrogens with two attached hydrogens (primary N) is 1. The highest BCUT2D eigenvalue weighted by Crippen LogP contribution is 2.18. The van der Waals surface area contributed by atoms with Crippen LogP contribution in [0.1, 0.15) is 12.8 Å². The molecule has 3 N–H and O–H groups in total. The molecule has 0 aliphatic heterocycles. The summed E-state index contributed by atoms with van der Waals surface area (Å²) in [6.07, 6.45) is 2.40. The van der Waals surface area contributed by atoms with Gasteiger partial charge < -0.3 is 15.8 Å². The van der Waals surface area contributed by atoms with Gasteiger partial charge in [0, 0.05) is 10.5 Å². The maximum atomic E-state index is 5.69. The molecule has 0 amide bonds. The molecule has 92 valence electrons. The first kappa shape index (κ1) is 12.2. The van der Waals surface area contributed by atoms with Gasteiger partial charge in [-0.15, -0.1) is 0 Å². The summed E-state index contributed by atoms with van der Waals surface area (Å²) in [5.41, 5.74) is 5.69. The number of nitrogens with one attached hydrogen (secondary N) is 1. The Labute approximate surface area is 109 Å². The quantitative estimate of drug-likeness (QED) is 0.496. The van der Waals surface area contributed by atoms with Gasteiger partial charge in [0.25, 0.3) is 0 Å². The lowest BCUT2D eigenvalue weighted by atomic mass is 10.3. The number of hydrogen-bond acceptors (Lipinski definition) is 2. The van der Waals surface area contributed by atoms with Gasteiger partial charge in [-0.3, -0.25) is 0 Å². The molecule has 1 aromatic carbocycles. The Hall–Kier alpha value is -1.23. The molecule has 1 aromatic rings. The predicted octanol–water partition coefficient (Wildman–Crippen LogP) is 1.89. The van der Waals surface area contributed by atoms with Crippen LogP contribution < -0.4 is 15.8 Å². The summed E-state index contributed by atoms with van der Waals surface area (Å²) in [6, 6.07) is 8.27. The summed E-state index contributed by atoms with van der Waals surface area (Å²) < 4.78 is 6.56. The second kappa shape index (κ2) is 5.91. The van der Waals surface area contributed by atoms with Crippen molar-refractivity contribution in [1.82, 2.24) is 5.32 Å². The van der Waals surface area contributed by atoms with Crippen molar-refractivity contribution in [2.75, 3.05) is 13.2 Å². The Morgan fingerprint density at radius 2 is 2.12 bits per heavy atom. The minimum atomic E-state index is 0.520. The molecule has 17 heavy (non-hydrogen) atoms. The van der Waals surface area contributed by atoms with Crippen LogP contribution in [0.4, 0.5) is 0 Å². The lowest BCUT2D eigenvalue weighted by Crippen LogP contribution is -2.33. The molecular formula is C12H16BrN3O. The topological polar surface area (TPSA) is 59.6 Å². The van der Waals surface area contributed by atoms with Crippen molar-refractivity contribution in [2.24, 2.45) is 10.7 Å². The van der Waals surface area contributed by atoms with E-state index in [1.54, 1.807) is 0 Å². The van der Waals surface area contributed by atoms with Gasteiger partial charge in [-0.1, -0.05) is 15.9 Å². The fourth-order valence-electron chi connectivity index (χ4n) is 1.34. The Kier molecular flexibility index (Phi) is 4.25. The van der Waals surface area contributed by atoms with E-state index in [9.17, 15) is 0 Å². The maximum Gasteiger partial charge on any atom is 0.188 e. The van der Waals surface area contributed by atoms with E-state index in [1.165, 1.54) is 12.8 Å². The zero-order chi connectivity index (χ0) is 12.1. The van der Waals surface area contributed by atoms with Gasteiger partial charge >= 0.3 is 0 Å². The van der Waals surface area contributed by atoms with E-state index in [1.807, 2.05) is 24.3 Å². The van der Waals surface area contributed by atoms with Crippen LogP contribution in [0.3, 0.4) is 0 Å². The summed E-state index contributed by atoms with van der Waals surface area (Å²) in [4.78, 5) is 4.19. The molecule has 0 aromatic heterocycles. The highest BCUT2D eigenvalue weighted by molar-refractivity contribution is 9.10. The molecule has 1 aliphatic rings. The molecule has 4 nitrogen and oxygen atoms in total. The van der Waals surface area contributed by atoms with E-state index >= 15 is 0 Å². The standard InChI is InChI=1S/C12H16BrN3O/c13-9-1-5-11(6-2-9)17-8-7-15-12(14)16-10-3-4-10/h1-2,5-6,10H,3-4,7-8H2,(H3,14,15,16). The van der Waals surface area contributed by atoms with Crippen molar-refractivity contribution in [2.45, 2.75) is 18.9 Å². The number of benzene rings is 1. The van der Waals surface area contributed by atoms with Gasteiger partial charge in [0.2, 0.25) is 0 Å². The normalized spacial score (nSPS) is 15.7. The molecule has 0 saturated heterocycles. The molecule has 0 bridgehead atoms. The van der Waals surface area contributed by atoms with Gasteiger partial charge in [0.1, 0.15) is 12.4 Å². The SMILES string of the molecule is NC(=NCCOc1ccc(Br)cc1)NC1CC1. The van der Waals surface area contributed by atoms with Gasteiger partial charge in [-0.05, 0) is 37.1 Å². The van der Waals surface area contributed by atoms with Crippen molar-refractivity contribution >= 4 is 21.9 Å². The number of nitrogens with zero attached hydrogens (tertiary/aromatic N) is 1. The Balaban J connectivity index is 1.66. The van der Waals surface area contributed by atoms with Crippen LogP contribution >= 0.6 is 15.9 Å². The zero-order valence-corrected chi connectivity index (χ0v) is 11.1. The summed E-state index contributed by atoms with van der Waals surface area (Å²) in [7, 11) is 0. The van der Waals surface area contributed by atoms with E-state index in [2.05, 4.69) is 26.2 Å². The van der Waals surface area contributed by atoms with Crippen molar-refractivity contribution in [3.8, 4) is 5.75 Å². The van der Waals surface area contributed by atoms with Gasteiger partial charge in [0.05, 0.1) is 6.54 Å². The second-order valence-corrected chi connectivity index (χ2v) is 4.90. The van der Waals surface area contributed by atoms with E-state index < -0.39 is 0 Å². The first-order chi connectivity index (χ1) is 8.24. The summed E-state index contributed by atoms with van der Waals surface area (Å²) >= 11 is 3.37. The smallest absolute Gasteiger partial charge is 0.188 e. The van der Waals surface area contributed by atoms with Gasteiger partial charge in [0.15, 0.2) is 5.96 Å². The summed E-state index contributed by atoms with van der Waals surface area (Å²) in [5.74, 6) is 1.36. The Morgan fingerprint density at radius 3 is 2.76 bits per heavy atom. The summed E-state index contributed by atoms with van der Waals surface area (Å²) in [5, 5.41) is 3.13. The molecule has 0 heterocycles. The predicted molar refractivity (Wildman–Crippen MR) is 72.3 cm³/mol. The van der Waals surface area contributed by atoms with Crippen LogP contribution in [0.25, 0.3) is 0 Å². The average molecular weight is 298 g/mol. The second-order valence-electron chi connectivity index (χ2n) is 3.99. The average Bonchev–Trinajstić information content (AvgIpc) is 3.11. The molecule has 0 radical (unpaired) electrons. The van der Waals surface area contributed by atoms with Crippen molar-refractivity contribution in [1.29, 1.82) is 0 Å². The van der Waals surface area contributed by atoms with E-state index in [0.29, 0.717) is 25.2 Å². The van der Waals surface area contributed by atoms with E-state index in [0.717, 1.165) is 10.2 Å². The fourth-order valence-corrected chi connectivity index (χ4v) is 1.61. The molecule has 1 saturated carbocycles. The third kappa shape index (κ3) is 4.65. The fraction of sp³-hybridized carbons (Fsp3) is 0.417. The molecule has 5 heteroatoms. The Bertz CT molecular complexity index is 387. The van der Waals surface area contributed by atoms with Crippen LogP contribution in [-0.4, -0.2) is 25.2 Å². The molecule has 1 fully saturated rings. The monoisotopic (exact) mass is 297 g/mol. The number of rotatable bonds is 5. The van der Waals surface area contributed by atoms with Gasteiger partial charge in [-0.25, -0.2) is 4.99 Å². The summed E-state index contributed by atoms with van der Waals surface area (Å²) in [6.45, 7) is 1.11. The van der Waals surface area contributed by atoms with E-state index in [-0.39, 0.29) is 0 Å². The van der Waals surface area contributed by atoms with Crippen LogP contribution in [-0.2, 0) is 0 Å². The number of halogens is 1. The molecule has 0 atom stereocenters. The lowest BCUT2D eigenvalue weighted by molar-refractivity contribution is 0.328. The largest absolute Gasteiger partial charge is 0.492 e. The number of guanidine groups is 1. The minimum absolute atomic E-state index is 0.520. The number of aliphatic imine (C=N–C) groups is 1. The highest BCUT2D eigenvalue weighted by atomic mass is 79.9. The van der Waals surface area contributed by atoms with Crippen molar-refractivity contribution in [3.05, 3.63) is 28.7 Å². The van der Waals surface area contributed by atoms with Crippen LogP contribution in [0.5, 0.6) is 5.75 Å². The van der Waals surface area contributed by atoms with Crippen molar-refractivity contribution in [3.63, 3.8) is 0 Å². The lowest BCUT2D eigenvalue weighted by Gasteiger charge is -2.05. The number of hydrogen-bond donors (Lipinski definition) is 2. The molecule has 2 rings (SSSR count). The Morgan fingerprint density at radius 1 is 1.41 bits per heavy atom. The minimum Gasteiger partial charge on any atom is -0.492 e. The third-order valence-electron chi connectivity index (χ3n) is 2.39. The number of ether oxygens (including phenoxy) is 1. The van der Waals surface area contributed by atoms with Gasteiger partial charge in [-0.2, -0.15) is 0 Å². The molecule has 0 spiro atoms. The third-order valence-corrected chi connectivity index (χ3v) is 2.91. The van der Waals surface area contributed by atoms with Crippen LogP contribution in [0.2, 0.25) is 0 Å². The van der Waals surface area contributed by atoms with Crippen molar-refractivity contribution < 1.29 is 4.74 Å². The molecule has 0 unspecified atom stereocenters.